The molecule has 0 bridgehead atoms. The maximum atomic E-state index is 12.9. The zero-order valence-electron chi connectivity index (χ0n) is 10.8. The van der Waals surface area contributed by atoms with Crippen LogP contribution in [0.2, 0.25) is 0 Å². The summed E-state index contributed by atoms with van der Waals surface area (Å²) in [5, 5.41) is 12.4. The Morgan fingerprint density at radius 2 is 2.11 bits per heavy atom. The number of alkyl halides is 2. The normalized spacial score (nSPS) is 13.9. The highest BCUT2D eigenvalue weighted by atomic mass is 19.3. The van der Waals surface area contributed by atoms with Crippen molar-refractivity contribution in [2.75, 3.05) is 13.2 Å². The second kappa shape index (κ2) is 5.67. The summed E-state index contributed by atoms with van der Waals surface area (Å²) in [4.78, 5) is 3.16. The van der Waals surface area contributed by atoms with Crippen LogP contribution in [-0.4, -0.2) is 35.2 Å². The minimum absolute atomic E-state index is 0.0865. The molecule has 1 aromatic carbocycles. The number of aromatic amines is 1. The van der Waals surface area contributed by atoms with Crippen LogP contribution in [0.25, 0.3) is 10.9 Å². The van der Waals surface area contributed by atoms with E-state index in [2.05, 4.69) is 10.3 Å². The van der Waals surface area contributed by atoms with Crippen LogP contribution >= 0.6 is 0 Å². The molecule has 0 amide bonds. The molecule has 3 N–H and O–H groups in total. The topological polar surface area (TPSA) is 48.0 Å². The Labute approximate surface area is 110 Å². The maximum absolute atomic E-state index is 12.9. The Morgan fingerprint density at radius 1 is 1.37 bits per heavy atom. The summed E-state index contributed by atoms with van der Waals surface area (Å²) in [6, 6.07) is 7.81. The zero-order chi connectivity index (χ0) is 13.9. The lowest BCUT2D eigenvalue weighted by Gasteiger charge is -2.18. The van der Waals surface area contributed by atoms with Crippen molar-refractivity contribution in [1.29, 1.82) is 0 Å². The van der Waals surface area contributed by atoms with Crippen LogP contribution in [0.15, 0.2) is 30.5 Å². The summed E-state index contributed by atoms with van der Waals surface area (Å²) in [5.74, 6) is -3.06. The van der Waals surface area contributed by atoms with E-state index in [0.29, 0.717) is 6.42 Å². The van der Waals surface area contributed by atoms with Crippen LogP contribution in [0.1, 0.15) is 12.5 Å². The number of hydrogen-bond donors (Lipinski definition) is 3. The lowest BCUT2D eigenvalue weighted by molar-refractivity contribution is -0.0490. The molecule has 1 heterocycles. The first kappa shape index (κ1) is 14.0. The van der Waals surface area contributed by atoms with Crippen molar-refractivity contribution in [2.24, 2.45) is 0 Å². The van der Waals surface area contributed by atoms with Gasteiger partial charge in [-0.2, -0.15) is 0 Å². The van der Waals surface area contributed by atoms with E-state index in [1.165, 1.54) is 0 Å². The van der Waals surface area contributed by atoms with E-state index in [1.807, 2.05) is 37.4 Å². The van der Waals surface area contributed by atoms with Gasteiger partial charge in [0.15, 0.2) is 0 Å². The summed E-state index contributed by atoms with van der Waals surface area (Å²) in [6.45, 7) is 0.224. The molecular weight excluding hydrogens is 250 g/mol. The average molecular weight is 268 g/mol. The van der Waals surface area contributed by atoms with Crippen molar-refractivity contribution in [3.63, 3.8) is 0 Å². The minimum Gasteiger partial charge on any atom is -0.390 e. The molecule has 0 fully saturated rings. The summed E-state index contributed by atoms with van der Waals surface area (Å²) < 4.78 is 25.9. The molecule has 0 radical (unpaired) electrons. The van der Waals surface area contributed by atoms with Crippen LogP contribution in [0, 0.1) is 0 Å². The molecule has 0 saturated heterocycles. The van der Waals surface area contributed by atoms with Crippen LogP contribution in [0.3, 0.4) is 0 Å². The molecule has 2 rings (SSSR count). The van der Waals surface area contributed by atoms with Crippen molar-refractivity contribution in [1.82, 2.24) is 10.3 Å². The maximum Gasteiger partial charge on any atom is 0.282 e. The molecule has 0 spiro atoms. The highest BCUT2D eigenvalue weighted by Gasteiger charge is 2.27. The predicted octanol–water partition coefficient (Wildman–Crippen LogP) is 2.32. The fraction of sp³-hybridized carbons (Fsp3) is 0.429. The number of fused-ring (bicyclic) bond motifs is 1. The first-order valence-corrected chi connectivity index (χ1v) is 6.29. The van der Waals surface area contributed by atoms with Crippen molar-refractivity contribution in [3.8, 4) is 0 Å². The number of aliphatic hydroxyl groups is 1. The van der Waals surface area contributed by atoms with E-state index in [-0.39, 0.29) is 6.04 Å². The monoisotopic (exact) mass is 268 g/mol. The van der Waals surface area contributed by atoms with E-state index in [1.54, 1.807) is 0 Å². The second-order valence-electron chi connectivity index (χ2n) is 4.86. The summed E-state index contributed by atoms with van der Waals surface area (Å²) in [7, 11) is 0. The Kier molecular flexibility index (Phi) is 4.17. The van der Waals surface area contributed by atoms with Gasteiger partial charge in [-0.05, 0) is 25.0 Å². The number of halogens is 2. The molecule has 1 aromatic heterocycles. The lowest BCUT2D eigenvalue weighted by atomic mass is 10.1. The molecular formula is C14H18F2N2O. The van der Waals surface area contributed by atoms with Gasteiger partial charge >= 0.3 is 0 Å². The summed E-state index contributed by atoms with van der Waals surface area (Å²) >= 11 is 0. The Balaban J connectivity index is 1.97. The summed E-state index contributed by atoms with van der Waals surface area (Å²) in [5.41, 5.74) is 2.15. The van der Waals surface area contributed by atoms with Crippen LogP contribution in [-0.2, 0) is 6.42 Å². The number of benzene rings is 1. The van der Waals surface area contributed by atoms with Crippen molar-refractivity contribution >= 4 is 10.9 Å². The number of aromatic nitrogens is 1. The van der Waals surface area contributed by atoms with Gasteiger partial charge in [0.2, 0.25) is 0 Å². The molecule has 104 valence electrons. The first-order valence-electron chi connectivity index (χ1n) is 6.29. The van der Waals surface area contributed by atoms with Crippen LogP contribution in [0.5, 0.6) is 0 Å². The molecule has 0 aliphatic rings. The second-order valence-corrected chi connectivity index (χ2v) is 4.86. The number of nitrogens with one attached hydrogen (secondary N) is 2. The fourth-order valence-corrected chi connectivity index (χ4v) is 2.08. The number of para-hydroxylation sites is 1. The van der Waals surface area contributed by atoms with E-state index >= 15 is 0 Å². The quantitative estimate of drug-likeness (QED) is 0.753. The third-order valence-corrected chi connectivity index (χ3v) is 3.14. The van der Waals surface area contributed by atoms with Gasteiger partial charge in [-0.3, -0.25) is 0 Å². The molecule has 5 heteroatoms. The zero-order valence-corrected chi connectivity index (χ0v) is 10.8. The number of hydrogen-bond acceptors (Lipinski definition) is 2. The van der Waals surface area contributed by atoms with Gasteiger partial charge in [0.25, 0.3) is 5.92 Å². The van der Waals surface area contributed by atoms with Gasteiger partial charge in [0, 0.05) is 23.1 Å². The van der Waals surface area contributed by atoms with E-state index in [0.717, 1.165) is 16.5 Å². The van der Waals surface area contributed by atoms with Crippen molar-refractivity contribution in [3.05, 3.63) is 36.0 Å². The Bertz CT molecular complexity index is 539. The minimum atomic E-state index is -3.06. The van der Waals surface area contributed by atoms with Gasteiger partial charge in [-0.25, -0.2) is 8.78 Å². The average Bonchev–Trinajstić information content (AvgIpc) is 2.80. The van der Waals surface area contributed by atoms with E-state index in [4.69, 9.17) is 5.11 Å². The van der Waals surface area contributed by atoms with E-state index in [9.17, 15) is 8.78 Å². The standard InChI is InChI=1S/C14H18F2N2O/c1-10(18-8-14(15,16)9-19)6-11-7-17-13-5-3-2-4-12(11)13/h2-5,7,10,17-19H,6,8-9H2,1H3. The number of H-pyrrole nitrogens is 1. The Hall–Kier alpha value is -1.46. The smallest absolute Gasteiger partial charge is 0.282 e. The summed E-state index contributed by atoms with van der Waals surface area (Å²) in [6.07, 6.45) is 2.57. The van der Waals surface area contributed by atoms with Gasteiger partial charge in [0.1, 0.15) is 6.61 Å². The molecule has 1 atom stereocenters. The highest BCUT2D eigenvalue weighted by Crippen LogP contribution is 2.19. The number of rotatable bonds is 6. The lowest BCUT2D eigenvalue weighted by Crippen LogP contribution is -2.40. The molecule has 0 aliphatic carbocycles. The third-order valence-electron chi connectivity index (χ3n) is 3.14. The molecule has 2 aromatic rings. The molecule has 1 unspecified atom stereocenters. The molecule has 19 heavy (non-hydrogen) atoms. The van der Waals surface area contributed by atoms with Gasteiger partial charge < -0.3 is 15.4 Å². The largest absolute Gasteiger partial charge is 0.390 e. The Morgan fingerprint density at radius 3 is 2.84 bits per heavy atom. The SMILES string of the molecule is CC(Cc1c[nH]c2ccccc12)NCC(F)(F)CO. The van der Waals surface area contributed by atoms with Crippen molar-refractivity contribution in [2.45, 2.75) is 25.3 Å². The molecule has 0 saturated carbocycles. The molecule has 3 nitrogen and oxygen atoms in total. The highest BCUT2D eigenvalue weighted by molar-refractivity contribution is 5.83. The fourth-order valence-electron chi connectivity index (χ4n) is 2.08. The van der Waals surface area contributed by atoms with Crippen LogP contribution < -0.4 is 5.32 Å². The van der Waals surface area contributed by atoms with Crippen molar-refractivity contribution < 1.29 is 13.9 Å². The van der Waals surface area contributed by atoms with Crippen LogP contribution in [0.4, 0.5) is 8.78 Å². The predicted molar refractivity (Wildman–Crippen MR) is 71.5 cm³/mol. The van der Waals surface area contributed by atoms with E-state index < -0.39 is 19.1 Å². The third kappa shape index (κ3) is 3.52. The molecule has 0 aliphatic heterocycles. The van der Waals surface area contributed by atoms with Gasteiger partial charge in [0.05, 0.1) is 6.54 Å². The van der Waals surface area contributed by atoms with Gasteiger partial charge in [-0.1, -0.05) is 18.2 Å². The number of aliphatic hydroxyl groups excluding tert-OH is 1. The van der Waals surface area contributed by atoms with Gasteiger partial charge in [-0.15, -0.1) is 0 Å². The first-order chi connectivity index (χ1) is 9.02.